The first-order valence-electron chi connectivity index (χ1n) is 50.7. The number of allylic oxidation sites excluding steroid dienone is 8. The van der Waals surface area contributed by atoms with E-state index in [4.69, 9.17) is 12.2 Å². The molecule has 10 saturated carbocycles. The van der Waals surface area contributed by atoms with Gasteiger partial charge in [-0.15, -0.1) is 0 Å². The molecular weight excluding hydrogens is 1380 g/mol. The summed E-state index contributed by atoms with van der Waals surface area (Å²) < 4.78 is 0. The van der Waals surface area contributed by atoms with Crippen LogP contribution >= 0.6 is 0 Å². The Morgan fingerprint density at radius 2 is 0.351 bits per heavy atom. The van der Waals surface area contributed by atoms with E-state index in [2.05, 4.69) is 219 Å². The molecule has 0 aromatic heterocycles. The van der Waals surface area contributed by atoms with Crippen LogP contribution in [0.15, 0.2) is 33.4 Å². The van der Waals surface area contributed by atoms with Gasteiger partial charge in [0.2, 0.25) is 0 Å². The Kier molecular flexibility index (Phi) is 32.7. The molecule has 30 unspecified atom stereocenters. The monoisotopic (exact) mass is 1570 g/mol. The molecule has 111 heavy (non-hydrogen) atoms. The minimum Gasteiger partial charge on any atom is -0.261 e. The minimum absolute atomic E-state index is 0. The van der Waals surface area contributed by atoms with Crippen molar-refractivity contribution in [3.05, 3.63) is 45.6 Å². The summed E-state index contributed by atoms with van der Waals surface area (Å²) in [6, 6.07) is 0. The maximum atomic E-state index is 5.22. The Hall–Kier alpha value is -0.546. The third kappa shape index (κ3) is 19.4. The quantitative estimate of drug-likeness (QED) is 0.0842. The van der Waals surface area contributed by atoms with Gasteiger partial charge in [0.15, 0.2) is 0 Å². The molecule has 640 valence electrons. The molecule has 0 bridgehead atoms. The second-order valence-corrected chi connectivity index (χ2v) is 48.8. The van der Waals surface area contributed by atoms with E-state index in [1.165, 1.54) is 193 Å². The molecule has 0 aliphatic heterocycles. The van der Waals surface area contributed by atoms with Crippen LogP contribution in [0.3, 0.4) is 0 Å². The van der Waals surface area contributed by atoms with Crippen LogP contribution in [0.2, 0.25) is 0 Å². The summed E-state index contributed by atoms with van der Waals surface area (Å²) in [7, 11) is 0. The summed E-state index contributed by atoms with van der Waals surface area (Å²) in [5.41, 5.74) is 12.2. The average Bonchev–Trinajstić information content (AvgIpc) is 1.55. The molecule has 30 atom stereocenters. The van der Waals surface area contributed by atoms with Gasteiger partial charge in [-0.3, -0.25) is 12.2 Å². The molecule has 0 aromatic rings. The van der Waals surface area contributed by atoms with E-state index in [1.54, 1.807) is 0 Å². The van der Waals surface area contributed by atoms with E-state index in [9.17, 15) is 0 Å². The van der Waals surface area contributed by atoms with Gasteiger partial charge in [-0.2, -0.15) is 22.3 Å². The smallest absolute Gasteiger partial charge is 0.261 e. The fourth-order valence-electron chi connectivity index (χ4n) is 31.7. The van der Waals surface area contributed by atoms with Gasteiger partial charge in [0.05, 0.1) is 0 Å². The van der Waals surface area contributed by atoms with Gasteiger partial charge in [0, 0.05) is 0 Å². The van der Waals surface area contributed by atoms with Crippen molar-refractivity contribution in [2.75, 3.05) is 0 Å². The topological polar surface area (TPSA) is 0 Å². The molecule has 0 N–H and O–H groups in total. The predicted molar refractivity (Wildman–Crippen MR) is 481 cm³/mol. The molecule has 12 aliphatic rings. The van der Waals surface area contributed by atoms with Crippen LogP contribution in [0.5, 0.6) is 0 Å². The molecule has 0 amide bonds. The Balaban J connectivity index is 0.000000234. The van der Waals surface area contributed by atoms with Gasteiger partial charge in [-0.1, -0.05) is 320 Å². The molecule has 12 aliphatic carbocycles. The van der Waals surface area contributed by atoms with E-state index in [-0.39, 0.29) is 27.3 Å². The first-order chi connectivity index (χ1) is 51.9. The van der Waals surface area contributed by atoms with Crippen LogP contribution in [0.1, 0.15) is 400 Å². The maximum Gasteiger partial charge on any atom is 2.00 e. The van der Waals surface area contributed by atoms with Crippen molar-refractivity contribution < 1.29 is 16.5 Å². The molecule has 0 radical (unpaired) electrons. The molecular formula is C110H190Ni. The first kappa shape index (κ1) is 92.7. The zero-order valence-corrected chi connectivity index (χ0v) is 80.6. The fraction of sp³-hybridized carbons (Fsp3) is 0.927. The normalized spacial score (nSPS) is 44.6. The zero-order chi connectivity index (χ0) is 80.2. The van der Waals surface area contributed by atoms with E-state index < -0.39 is 0 Å². The van der Waals surface area contributed by atoms with Crippen LogP contribution < -0.4 is 0 Å². The summed E-state index contributed by atoms with van der Waals surface area (Å²) in [5.74, 6) is 31.0. The van der Waals surface area contributed by atoms with Crippen molar-refractivity contribution in [2.45, 2.75) is 400 Å². The second-order valence-electron chi connectivity index (χ2n) is 48.8. The van der Waals surface area contributed by atoms with E-state index in [1.807, 2.05) is 22.3 Å². The van der Waals surface area contributed by atoms with Gasteiger partial charge >= 0.3 is 16.5 Å². The molecule has 10 fully saturated rings. The van der Waals surface area contributed by atoms with Crippen molar-refractivity contribution in [2.24, 2.45) is 248 Å². The largest absolute Gasteiger partial charge is 2.00 e. The average molecular weight is 1570 g/mol. The number of hydrogen-bond acceptors (Lipinski definition) is 0. The van der Waals surface area contributed by atoms with Gasteiger partial charge in [-0.25, -0.2) is 11.1 Å². The SMILES string of the molecule is CC1CCC(C(C)C)C(C2=[C-]C(C3CC(C)CCC3C(C)C)(C3CC(C)CCC3C(C)C)C(C3CC(C)CCC3C(C)C)=C2C2CC(C)CCC2C(C)C)C1.CC1CCC(C(C)C)C(C2=[C-]C(C3CC(C)CCC3C(C)C)(C3CC(C)CCC3C(C)C)C(C3CC(C)CCC3C(C)C)=C2C2CC(C)CCC2C(C)C)C1.[Ni+2]. The van der Waals surface area contributed by atoms with Crippen molar-refractivity contribution in [3.8, 4) is 0 Å². The van der Waals surface area contributed by atoms with Crippen LogP contribution in [-0.4, -0.2) is 0 Å². The third-order valence-electron chi connectivity index (χ3n) is 37.5. The van der Waals surface area contributed by atoms with Gasteiger partial charge in [0.1, 0.15) is 0 Å². The van der Waals surface area contributed by atoms with Crippen LogP contribution in [-0.2, 0) is 16.5 Å². The Morgan fingerprint density at radius 3 is 0.550 bits per heavy atom. The molecule has 0 aromatic carbocycles. The number of rotatable bonds is 20. The summed E-state index contributed by atoms with van der Waals surface area (Å²) in [6.07, 6.45) is 53.5. The van der Waals surface area contributed by atoms with Crippen molar-refractivity contribution in [3.63, 3.8) is 0 Å². The van der Waals surface area contributed by atoms with E-state index >= 15 is 0 Å². The van der Waals surface area contributed by atoms with Gasteiger partial charge in [-0.05, 0) is 328 Å². The fourth-order valence-corrected chi connectivity index (χ4v) is 31.7. The Labute approximate surface area is 705 Å². The Morgan fingerprint density at radius 1 is 0.198 bits per heavy atom. The predicted octanol–water partition coefficient (Wildman–Crippen LogP) is 33.1. The van der Waals surface area contributed by atoms with Crippen molar-refractivity contribution in [1.82, 2.24) is 0 Å². The summed E-state index contributed by atoms with van der Waals surface area (Å²) in [5, 5.41) is 0. The minimum atomic E-state index is 0. The third-order valence-corrected chi connectivity index (χ3v) is 37.5. The Bertz CT molecular complexity index is 2750. The number of hydrogen-bond donors (Lipinski definition) is 0. The van der Waals surface area contributed by atoms with Crippen molar-refractivity contribution in [1.29, 1.82) is 0 Å². The van der Waals surface area contributed by atoms with E-state index in [0.29, 0.717) is 11.8 Å². The molecule has 0 saturated heterocycles. The molecule has 0 nitrogen and oxygen atoms in total. The molecule has 0 heterocycles. The maximum absolute atomic E-state index is 5.22. The molecule has 1 heteroatoms. The zero-order valence-electron chi connectivity index (χ0n) is 79.6. The van der Waals surface area contributed by atoms with E-state index in [0.717, 1.165) is 225 Å². The summed E-state index contributed by atoms with van der Waals surface area (Å²) in [6.45, 7) is 79.1. The first-order valence-corrected chi connectivity index (χ1v) is 50.7. The van der Waals surface area contributed by atoms with Crippen molar-refractivity contribution >= 4 is 0 Å². The van der Waals surface area contributed by atoms with Crippen LogP contribution in [0.4, 0.5) is 0 Å². The molecule has 0 spiro atoms. The second kappa shape index (κ2) is 39.1. The van der Waals surface area contributed by atoms with Crippen LogP contribution in [0.25, 0.3) is 0 Å². The molecule has 12 rings (SSSR count). The summed E-state index contributed by atoms with van der Waals surface area (Å²) >= 11 is 0. The van der Waals surface area contributed by atoms with Gasteiger partial charge in [0.25, 0.3) is 0 Å². The summed E-state index contributed by atoms with van der Waals surface area (Å²) in [4.78, 5) is 0. The van der Waals surface area contributed by atoms with Crippen LogP contribution in [0, 0.1) is 260 Å². The standard InChI is InChI=1S/2C55H95.Ni/c2*1-32(2)42-21-16-37(11)26-47(42)50-31-55(51-29-40(14)19-24-45(51)35(7)8,52-30-41(15)20-25-46(52)36(9)10)54(49-28-39(13)18-23-44(49)34(5)6)53(50)48-27-38(12)17-22-43(48)33(3)4;/h2*32-49,51-52H,16-30H2,1-15H3;/q2*-1;+2. The van der Waals surface area contributed by atoms with Gasteiger partial charge < -0.3 is 0 Å².